The molecule has 2 atom stereocenters. The highest BCUT2D eigenvalue weighted by Gasteiger charge is 2.25. The number of amides is 1. The van der Waals surface area contributed by atoms with Crippen molar-refractivity contribution in [2.45, 2.75) is 38.2 Å². The van der Waals surface area contributed by atoms with Crippen LogP contribution in [0.25, 0.3) is 0 Å². The average molecular weight is 352 g/mol. The number of hydrogen-bond acceptors (Lipinski definition) is 4. The first-order valence-corrected chi connectivity index (χ1v) is 9.00. The number of carbonyl (C=O) groups is 1. The summed E-state index contributed by atoms with van der Waals surface area (Å²) in [5.74, 6) is 0. The van der Waals surface area contributed by atoms with Crippen molar-refractivity contribution in [2.24, 2.45) is 4.40 Å². The summed E-state index contributed by atoms with van der Waals surface area (Å²) in [6, 6.07) is 9.53. The van der Waals surface area contributed by atoms with Gasteiger partial charge in [0.25, 0.3) is 0 Å². The molecule has 1 fully saturated rings. The molecule has 0 aliphatic carbocycles. The molecule has 0 N–H and O–H groups in total. The minimum atomic E-state index is -1.33. The van der Waals surface area contributed by atoms with Crippen LogP contribution in [-0.4, -0.2) is 52.0 Å². The Morgan fingerprint density at radius 1 is 1.42 bits per heavy atom. The lowest BCUT2D eigenvalue weighted by molar-refractivity contribution is 0.00336. The zero-order valence-electron chi connectivity index (χ0n) is 14.3. The molecule has 1 amide bonds. The third kappa shape index (κ3) is 5.72. The van der Waals surface area contributed by atoms with Crippen LogP contribution >= 0.6 is 0 Å². The van der Waals surface area contributed by atoms with Gasteiger partial charge in [0.2, 0.25) is 0 Å². The van der Waals surface area contributed by atoms with Crippen LogP contribution in [0.2, 0.25) is 0 Å². The van der Waals surface area contributed by atoms with Crippen molar-refractivity contribution in [1.29, 1.82) is 0 Å². The monoisotopic (exact) mass is 352 g/mol. The Morgan fingerprint density at radius 3 is 2.79 bits per heavy atom. The van der Waals surface area contributed by atoms with Gasteiger partial charge in [0.05, 0.1) is 17.9 Å². The highest BCUT2D eigenvalue weighted by atomic mass is 32.2. The number of morpholine rings is 1. The second-order valence-electron chi connectivity index (χ2n) is 6.51. The van der Waals surface area contributed by atoms with Crippen molar-refractivity contribution in [1.82, 2.24) is 4.90 Å². The highest BCUT2D eigenvalue weighted by molar-refractivity contribution is 7.85. The van der Waals surface area contributed by atoms with Crippen LogP contribution in [0.15, 0.2) is 34.7 Å². The predicted molar refractivity (Wildman–Crippen MR) is 94.3 cm³/mol. The number of hydrogen-bond donors (Lipinski definition) is 0. The van der Waals surface area contributed by atoms with E-state index < -0.39 is 15.7 Å². The van der Waals surface area contributed by atoms with Crippen molar-refractivity contribution in [3.05, 3.63) is 35.9 Å². The quantitative estimate of drug-likeness (QED) is 0.781. The molecule has 1 saturated heterocycles. The van der Waals surface area contributed by atoms with Crippen LogP contribution in [0, 0.1) is 0 Å². The van der Waals surface area contributed by atoms with Crippen molar-refractivity contribution >= 4 is 23.3 Å². The summed E-state index contributed by atoms with van der Waals surface area (Å²) in [6.07, 6.45) is 0.782. The van der Waals surface area contributed by atoms with E-state index in [9.17, 15) is 9.00 Å². The molecule has 1 heterocycles. The van der Waals surface area contributed by atoms with E-state index in [0.717, 1.165) is 5.56 Å². The van der Waals surface area contributed by atoms with Crippen LogP contribution in [-0.2, 0) is 27.1 Å². The summed E-state index contributed by atoms with van der Waals surface area (Å²) in [5.41, 5.74) is 0.942. The smallest absolute Gasteiger partial charge is 0.410 e. The van der Waals surface area contributed by atoms with E-state index in [1.54, 1.807) is 4.90 Å². The minimum Gasteiger partial charge on any atom is -0.445 e. The van der Waals surface area contributed by atoms with Gasteiger partial charge in [-0.2, -0.15) is 4.40 Å². The molecular weight excluding hydrogens is 328 g/mol. The van der Waals surface area contributed by atoms with E-state index in [-0.39, 0.29) is 18.8 Å². The van der Waals surface area contributed by atoms with E-state index in [2.05, 4.69) is 4.40 Å². The lowest BCUT2D eigenvalue weighted by Crippen LogP contribution is -2.46. The summed E-state index contributed by atoms with van der Waals surface area (Å²) in [6.45, 7) is 7.03. The maximum absolute atomic E-state index is 12.2. The minimum absolute atomic E-state index is 0.240. The molecule has 0 spiro atoms. The molecule has 24 heavy (non-hydrogen) atoms. The van der Waals surface area contributed by atoms with Gasteiger partial charge in [-0.15, -0.1) is 0 Å². The molecule has 7 heteroatoms. The summed E-state index contributed by atoms with van der Waals surface area (Å²) < 4.78 is 26.4. The van der Waals surface area contributed by atoms with E-state index in [4.69, 9.17) is 9.47 Å². The number of benzene rings is 1. The molecule has 6 nitrogen and oxygen atoms in total. The van der Waals surface area contributed by atoms with Gasteiger partial charge in [0, 0.05) is 12.8 Å². The standard InChI is InChI=1S/C17H24N2O4S/c1-17(2,3)24(21)18-11-15-12-19(9-10-22-15)16(20)23-13-14-7-5-4-6-8-14/h4-8,11,15H,9-10,12-13H2,1-3H3/b18-11+/t15-,24-/m0/s1. The van der Waals surface area contributed by atoms with E-state index in [0.29, 0.717) is 19.7 Å². The van der Waals surface area contributed by atoms with Crippen LogP contribution < -0.4 is 0 Å². The third-order valence-corrected chi connectivity index (χ3v) is 4.76. The third-order valence-electron chi connectivity index (χ3n) is 3.40. The zero-order chi connectivity index (χ0) is 17.6. The van der Waals surface area contributed by atoms with Crippen LogP contribution in [0.5, 0.6) is 0 Å². The predicted octanol–water partition coefficient (Wildman–Crippen LogP) is 2.56. The summed E-state index contributed by atoms with van der Waals surface area (Å²) in [7, 11) is -1.33. The van der Waals surface area contributed by atoms with Gasteiger partial charge in [-0.05, 0) is 26.3 Å². The van der Waals surface area contributed by atoms with E-state index >= 15 is 0 Å². The molecule has 132 valence electrons. The Bertz CT molecular complexity index is 598. The van der Waals surface area contributed by atoms with E-state index in [1.165, 1.54) is 6.21 Å². The van der Waals surface area contributed by atoms with Gasteiger partial charge in [0.1, 0.15) is 23.7 Å². The van der Waals surface area contributed by atoms with Crippen molar-refractivity contribution in [3.8, 4) is 0 Å². The summed E-state index contributed by atoms with van der Waals surface area (Å²) in [4.78, 5) is 13.7. The molecule has 0 saturated carbocycles. The van der Waals surface area contributed by atoms with Crippen LogP contribution in [0.1, 0.15) is 26.3 Å². The van der Waals surface area contributed by atoms with E-state index in [1.807, 2.05) is 51.1 Å². The van der Waals surface area contributed by atoms with Gasteiger partial charge < -0.3 is 14.4 Å². The molecule has 0 aromatic heterocycles. The first kappa shape index (κ1) is 18.6. The Kier molecular flexibility index (Phi) is 6.51. The first-order chi connectivity index (χ1) is 11.4. The van der Waals surface area contributed by atoms with Crippen LogP contribution in [0.3, 0.4) is 0 Å². The van der Waals surface area contributed by atoms with Gasteiger partial charge in [-0.3, -0.25) is 0 Å². The molecule has 1 aliphatic rings. The van der Waals surface area contributed by atoms with Crippen molar-refractivity contribution in [2.75, 3.05) is 19.7 Å². The largest absolute Gasteiger partial charge is 0.445 e. The van der Waals surface area contributed by atoms with Gasteiger partial charge in [-0.25, -0.2) is 9.00 Å². The Labute approximate surface area is 145 Å². The lowest BCUT2D eigenvalue weighted by Gasteiger charge is -2.30. The molecule has 1 aromatic rings. The number of rotatable bonds is 4. The molecule has 0 bridgehead atoms. The lowest BCUT2D eigenvalue weighted by atomic mass is 10.2. The fraction of sp³-hybridized carbons (Fsp3) is 0.529. The van der Waals surface area contributed by atoms with Gasteiger partial charge in [0.15, 0.2) is 0 Å². The fourth-order valence-corrected chi connectivity index (χ4v) is 2.59. The normalized spacial score (nSPS) is 20.1. The number of nitrogens with zero attached hydrogens (tertiary/aromatic N) is 2. The Balaban J connectivity index is 1.85. The average Bonchev–Trinajstić information content (AvgIpc) is 2.58. The zero-order valence-corrected chi connectivity index (χ0v) is 15.1. The maximum Gasteiger partial charge on any atom is 0.410 e. The second-order valence-corrected chi connectivity index (χ2v) is 8.45. The molecule has 0 radical (unpaired) electrons. The first-order valence-electron chi connectivity index (χ1n) is 7.89. The Morgan fingerprint density at radius 2 is 2.12 bits per heavy atom. The number of carbonyl (C=O) groups excluding carboxylic acids is 1. The second kappa shape index (κ2) is 8.39. The van der Waals surface area contributed by atoms with Gasteiger partial charge >= 0.3 is 6.09 Å². The fourth-order valence-electron chi connectivity index (χ4n) is 2.02. The van der Waals surface area contributed by atoms with Crippen molar-refractivity contribution < 1.29 is 18.5 Å². The topological polar surface area (TPSA) is 68.2 Å². The molecule has 0 unspecified atom stereocenters. The molecule has 1 aromatic carbocycles. The molecule has 1 aliphatic heterocycles. The maximum atomic E-state index is 12.2. The van der Waals surface area contributed by atoms with Crippen molar-refractivity contribution in [3.63, 3.8) is 0 Å². The SMILES string of the molecule is CC(C)(C)[S@](=O)/N=C/[C@H]1CN(C(=O)OCc2ccccc2)CCO1. The Hall–Kier alpha value is -1.73. The summed E-state index contributed by atoms with van der Waals surface area (Å²) in [5, 5.41) is 0. The number of ether oxygens (including phenoxy) is 2. The van der Waals surface area contributed by atoms with Gasteiger partial charge in [-0.1, -0.05) is 30.3 Å². The molecule has 2 rings (SSSR count). The highest BCUT2D eigenvalue weighted by Crippen LogP contribution is 2.13. The summed E-state index contributed by atoms with van der Waals surface area (Å²) >= 11 is 0. The molecular formula is C17H24N2O4S. The van der Waals surface area contributed by atoms with Crippen LogP contribution in [0.4, 0.5) is 4.79 Å².